The quantitative estimate of drug-likeness (QED) is 0.843. The highest BCUT2D eigenvalue weighted by molar-refractivity contribution is 7.16. The van der Waals surface area contributed by atoms with Gasteiger partial charge in [0.15, 0.2) is 0 Å². The van der Waals surface area contributed by atoms with E-state index < -0.39 is 0 Å². The van der Waals surface area contributed by atoms with Crippen molar-refractivity contribution in [3.05, 3.63) is 28.1 Å². The van der Waals surface area contributed by atoms with Gasteiger partial charge in [-0.3, -0.25) is 19.0 Å². The molecule has 1 aliphatic rings. The van der Waals surface area contributed by atoms with Gasteiger partial charge in [-0.25, -0.2) is 4.98 Å². The molecule has 2 aromatic rings. The fourth-order valence-corrected chi connectivity index (χ4v) is 3.52. The summed E-state index contributed by atoms with van der Waals surface area (Å²) in [6.45, 7) is 2.27. The first-order chi connectivity index (χ1) is 11.6. The van der Waals surface area contributed by atoms with Crippen LogP contribution >= 0.6 is 11.3 Å². The van der Waals surface area contributed by atoms with Gasteiger partial charge in [0.1, 0.15) is 4.83 Å². The lowest BCUT2D eigenvalue weighted by atomic mass is 10.3. The Balaban J connectivity index is 1.44. The summed E-state index contributed by atoms with van der Waals surface area (Å²) in [6, 6.07) is 1.75. The van der Waals surface area contributed by atoms with Crippen LogP contribution in [0.2, 0.25) is 0 Å². The summed E-state index contributed by atoms with van der Waals surface area (Å²) >= 11 is 1.42. The molecule has 0 atom stereocenters. The second-order valence-electron chi connectivity index (χ2n) is 5.82. The molecule has 0 bridgehead atoms. The van der Waals surface area contributed by atoms with Crippen molar-refractivity contribution in [2.24, 2.45) is 0 Å². The predicted molar refractivity (Wildman–Crippen MR) is 91.9 cm³/mol. The van der Waals surface area contributed by atoms with Crippen LogP contribution in [-0.4, -0.2) is 45.9 Å². The number of likely N-dealkylation sites (tertiary alicyclic amines) is 1. The molecule has 7 nitrogen and oxygen atoms in total. The highest BCUT2D eigenvalue weighted by atomic mass is 32.1. The monoisotopic (exact) mass is 348 g/mol. The van der Waals surface area contributed by atoms with E-state index in [-0.39, 0.29) is 30.3 Å². The molecule has 0 aromatic carbocycles. The van der Waals surface area contributed by atoms with E-state index in [0.717, 1.165) is 25.9 Å². The van der Waals surface area contributed by atoms with Gasteiger partial charge in [-0.15, -0.1) is 11.3 Å². The number of carbonyl (C=O) groups excluding carboxylic acids is 2. The lowest BCUT2D eigenvalue weighted by Gasteiger charge is -2.15. The maximum absolute atomic E-state index is 12.2. The maximum Gasteiger partial charge on any atom is 0.262 e. The number of nitrogens with zero attached hydrogens (tertiary/aromatic N) is 3. The molecular formula is C16H20N4O3S. The predicted octanol–water partition coefficient (Wildman–Crippen LogP) is 0.977. The highest BCUT2D eigenvalue weighted by Gasteiger charge is 2.17. The molecule has 1 saturated heterocycles. The first-order valence-electron chi connectivity index (χ1n) is 8.12. The third-order valence-corrected chi connectivity index (χ3v) is 4.97. The van der Waals surface area contributed by atoms with Crippen molar-refractivity contribution < 1.29 is 9.59 Å². The topological polar surface area (TPSA) is 84.3 Å². The van der Waals surface area contributed by atoms with Crippen LogP contribution in [0.5, 0.6) is 0 Å². The number of thiophene rings is 1. The van der Waals surface area contributed by atoms with Crippen LogP contribution in [0.4, 0.5) is 0 Å². The van der Waals surface area contributed by atoms with Gasteiger partial charge in [0.25, 0.3) is 5.56 Å². The maximum atomic E-state index is 12.2. The van der Waals surface area contributed by atoms with E-state index in [4.69, 9.17) is 0 Å². The van der Waals surface area contributed by atoms with E-state index in [0.29, 0.717) is 23.2 Å². The van der Waals surface area contributed by atoms with Crippen LogP contribution in [0.25, 0.3) is 10.2 Å². The number of nitrogens with one attached hydrogen (secondary N) is 1. The number of amides is 2. The average molecular weight is 348 g/mol. The third kappa shape index (κ3) is 3.81. The van der Waals surface area contributed by atoms with E-state index in [9.17, 15) is 14.4 Å². The van der Waals surface area contributed by atoms with Crippen LogP contribution < -0.4 is 10.9 Å². The van der Waals surface area contributed by atoms with Gasteiger partial charge in [-0.2, -0.15) is 0 Å². The Hall–Kier alpha value is -2.22. The van der Waals surface area contributed by atoms with Crippen LogP contribution in [0.15, 0.2) is 22.6 Å². The molecule has 1 fully saturated rings. The lowest BCUT2D eigenvalue weighted by Crippen LogP contribution is -2.33. The van der Waals surface area contributed by atoms with Crippen molar-refractivity contribution in [3.63, 3.8) is 0 Å². The smallest absolute Gasteiger partial charge is 0.262 e. The highest BCUT2D eigenvalue weighted by Crippen LogP contribution is 2.13. The molecule has 0 spiro atoms. The van der Waals surface area contributed by atoms with Crippen LogP contribution in [0.3, 0.4) is 0 Å². The standard InChI is InChI=1S/C16H20N4O3S/c21-13(17-6-3-14(22)19-7-1-2-8-19)4-9-20-11-18-15-12(16(20)23)5-10-24-15/h5,10-11H,1-4,6-9H2,(H,17,21). The van der Waals surface area contributed by atoms with E-state index in [2.05, 4.69) is 10.3 Å². The number of hydrogen-bond acceptors (Lipinski definition) is 5. The molecule has 3 rings (SSSR count). The minimum Gasteiger partial charge on any atom is -0.356 e. The summed E-state index contributed by atoms with van der Waals surface area (Å²) in [5, 5.41) is 5.15. The second-order valence-corrected chi connectivity index (χ2v) is 6.71. The van der Waals surface area contributed by atoms with Gasteiger partial charge in [0.05, 0.1) is 11.7 Å². The number of hydrogen-bond donors (Lipinski definition) is 1. The Morgan fingerprint density at radius 2 is 2.04 bits per heavy atom. The number of rotatable bonds is 6. The minimum atomic E-state index is -0.165. The summed E-state index contributed by atoms with van der Waals surface area (Å²) < 4.78 is 1.45. The average Bonchev–Trinajstić information content (AvgIpc) is 3.26. The summed E-state index contributed by atoms with van der Waals surface area (Å²) in [4.78, 5) is 42.7. The zero-order valence-corrected chi connectivity index (χ0v) is 14.2. The molecule has 0 radical (unpaired) electrons. The van der Waals surface area contributed by atoms with Gasteiger partial charge in [0, 0.05) is 39.0 Å². The van der Waals surface area contributed by atoms with Gasteiger partial charge in [0.2, 0.25) is 11.8 Å². The molecule has 2 aromatic heterocycles. The molecule has 1 aliphatic heterocycles. The van der Waals surface area contributed by atoms with Crippen molar-refractivity contribution >= 4 is 33.4 Å². The molecule has 128 valence electrons. The number of carbonyl (C=O) groups is 2. The normalized spacial score (nSPS) is 14.2. The van der Waals surface area contributed by atoms with E-state index in [1.807, 2.05) is 10.3 Å². The van der Waals surface area contributed by atoms with E-state index in [1.54, 1.807) is 6.07 Å². The Morgan fingerprint density at radius 3 is 2.83 bits per heavy atom. The molecule has 3 heterocycles. The fourth-order valence-electron chi connectivity index (χ4n) is 2.80. The molecule has 24 heavy (non-hydrogen) atoms. The molecule has 2 amide bonds. The van der Waals surface area contributed by atoms with Crippen LogP contribution in [0, 0.1) is 0 Å². The third-order valence-electron chi connectivity index (χ3n) is 4.15. The zero-order chi connectivity index (χ0) is 16.9. The second kappa shape index (κ2) is 7.57. The summed E-state index contributed by atoms with van der Waals surface area (Å²) in [7, 11) is 0. The van der Waals surface area contributed by atoms with E-state index in [1.165, 1.54) is 22.2 Å². The largest absolute Gasteiger partial charge is 0.356 e. The summed E-state index contributed by atoms with van der Waals surface area (Å²) in [5.74, 6) is -0.0716. The fraction of sp³-hybridized carbons (Fsp3) is 0.500. The van der Waals surface area contributed by atoms with Gasteiger partial charge in [-0.1, -0.05) is 0 Å². The van der Waals surface area contributed by atoms with E-state index >= 15 is 0 Å². The summed E-state index contributed by atoms with van der Waals surface area (Å²) in [5.41, 5.74) is -0.127. The van der Waals surface area contributed by atoms with Crippen molar-refractivity contribution in [3.8, 4) is 0 Å². The van der Waals surface area contributed by atoms with Gasteiger partial charge in [-0.05, 0) is 24.3 Å². The molecule has 8 heteroatoms. The number of aromatic nitrogens is 2. The molecule has 1 N–H and O–H groups in total. The van der Waals surface area contributed by atoms with Gasteiger partial charge < -0.3 is 10.2 Å². The SMILES string of the molecule is O=C(CCn1cnc2sccc2c1=O)NCCC(=O)N1CCCC1. The van der Waals surface area contributed by atoms with Gasteiger partial charge >= 0.3 is 0 Å². The molecule has 0 saturated carbocycles. The van der Waals surface area contributed by atoms with Crippen molar-refractivity contribution in [1.29, 1.82) is 0 Å². The van der Waals surface area contributed by atoms with Crippen molar-refractivity contribution in [2.75, 3.05) is 19.6 Å². The van der Waals surface area contributed by atoms with Crippen LogP contribution in [0.1, 0.15) is 25.7 Å². The lowest BCUT2D eigenvalue weighted by molar-refractivity contribution is -0.130. The van der Waals surface area contributed by atoms with Crippen molar-refractivity contribution in [2.45, 2.75) is 32.2 Å². The number of fused-ring (bicyclic) bond motifs is 1. The Kier molecular flexibility index (Phi) is 5.24. The number of aryl methyl sites for hydroxylation is 1. The first-order valence-corrected chi connectivity index (χ1v) is 9.00. The molecule has 0 aliphatic carbocycles. The minimum absolute atomic E-state index is 0.0936. The molecular weight excluding hydrogens is 328 g/mol. The molecule has 0 unspecified atom stereocenters. The van der Waals surface area contributed by atoms with Crippen molar-refractivity contribution in [1.82, 2.24) is 19.8 Å². The first kappa shape index (κ1) is 16.6. The summed E-state index contributed by atoms with van der Waals surface area (Å²) in [6.07, 6.45) is 4.12. The Labute approximate surface area is 143 Å². The Bertz CT molecular complexity index is 792. The van der Waals surface area contributed by atoms with Crippen LogP contribution in [-0.2, 0) is 16.1 Å². The Morgan fingerprint density at radius 1 is 1.25 bits per heavy atom. The zero-order valence-electron chi connectivity index (χ0n) is 13.4.